The standard InChI is InChI=1S/C23H25N3O4/c1-4-7-22(27)24-17-9-6-8-16(14-17)21-15-20(23(28)30-5-2)25-26(21)18-10-12-19(29-3)13-11-18/h6,8-15H,4-5,7H2,1-3H3,(H,24,27). The highest BCUT2D eigenvalue weighted by Gasteiger charge is 2.18. The van der Waals surface area contributed by atoms with Crippen LogP contribution in [0, 0.1) is 0 Å². The van der Waals surface area contributed by atoms with Crippen LogP contribution < -0.4 is 10.1 Å². The van der Waals surface area contributed by atoms with Crippen molar-refractivity contribution in [2.24, 2.45) is 0 Å². The van der Waals surface area contributed by atoms with Gasteiger partial charge in [0.2, 0.25) is 5.91 Å². The number of nitrogens with zero attached hydrogens (tertiary/aromatic N) is 2. The van der Waals surface area contributed by atoms with E-state index in [0.29, 0.717) is 17.8 Å². The van der Waals surface area contributed by atoms with Crippen molar-refractivity contribution in [2.75, 3.05) is 19.0 Å². The second-order valence-electron chi connectivity index (χ2n) is 6.62. The lowest BCUT2D eigenvalue weighted by atomic mass is 10.1. The number of anilines is 1. The molecule has 0 fully saturated rings. The number of nitrogens with one attached hydrogen (secondary N) is 1. The summed E-state index contributed by atoms with van der Waals surface area (Å²) in [4.78, 5) is 24.3. The first kappa shape index (κ1) is 21.1. The number of carbonyl (C=O) groups is 2. The molecule has 0 atom stereocenters. The number of rotatable bonds is 8. The minimum atomic E-state index is -0.488. The van der Waals surface area contributed by atoms with Crippen molar-refractivity contribution >= 4 is 17.6 Å². The molecule has 0 saturated heterocycles. The van der Waals surface area contributed by atoms with Crippen LogP contribution in [-0.4, -0.2) is 35.4 Å². The minimum absolute atomic E-state index is 0.0366. The zero-order valence-electron chi connectivity index (χ0n) is 17.3. The number of hydrogen-bond donors (Lipinski definition) is 1. The SMILES string of the molecule is CCCC(=O)Nc1cccc(-c2cc(C(=O)OCC)nn2-c2ccc(OC)cc2)c1. The monoisotopic (exact) mass is 407 g/mol. The molecule has 0 aliphatic heterocycles. The average Bonchev–Trinajstić information content (AvgIpc) is 3.20. The second kappa shape index (κ2) is 9.73. The second-order valence-corrected chi connectivity index (χ2v) is 6.62. The van der Waals surface area contributed by atoms with E-state index in [0.717, 1.165) is 23.4 Å². The molecular weight excluding hydrogens is 382 g/mol. The number of amides is 1. The van der Waals surface area contributed by atoms with Gasteiger partial charge in [-0.1, -0.05) is 19.1 Å². The fourth-order valence-corrected chi connectivity index (χ4v) is 3.02. The summed E-state index contributed by atoms with van der Waals surface area (Å²) in [6.07, 6.45) is 1.24. The molecule has 1 heterocycles. The van der Waals surface area contributed by atoms with Crippen molar-refractivity contribution in [3.8, 4) is 22.7 Å². The molecule has 0 aliphatic rings. The Bertz CT molecular complexity index is 1030. The smallest absolute Gasteiger partial charge is 0.358 e. The van der Waals surface area contributed by atoms with Gasteiger partial charge in [0, 0.05) is 17.7 Å². The van der Waals surface area contributed by atoms with Crippen LogP contribution in [0.2, 0.25) is 0 Å². The van der Waals surface area contributed by atoms with Crippen molar-refractivity contribution < 1.29 is 19.1 Å². The van der Waals surface area contributed by atoms with Crippen molar-refractivity contribution in [1.82, 2.24) is 9.78 Å². The van der Waals surface area contributed by atoms with Crippen molar-refractivity contribution in [2.45, 2.75) is 26.7 Å². The highest BCUT2D eigenvalue weighted by molar-refractivity contribution is 5.92. The normalized spacial score (nSPS) is 10.5. The number of aromatic nitrogens is 2. The van der Waals surface area contributed by atoms with Gasteiger partial charge in [0.15, 0.2) is 5.69 Å². The molecule has 0 spiro atoms. The fraction of sp³-hybridized carbons (Fsp3) is 0.261. The molecule has 1 aromatic heterocycles. The number of methoxy groups -OCH3 is 1. The number of esters is 1. The van der Waals surface area contributed by atoms with Crippen molar-refractivity contribution in [3.63, 3.8) is 0 Å². The maximum absolute atomic E-state index is 12.3. The Hall–Kier alpha value is -3.61. The Morgan fingerprint density at radius 3 is 2.50 bits per heavy atom. The van der Waals surface area contributed by atoms with Gasteiger partial charge in [0.1, 0.15) is 5.75 Å². The number of hydrogen-bond acceptors (Lipinski definition) is 5. The van der Waals surface area contributed by atoms with E-state index in [1.807, 2.05) is 55.5 Å². The van der Waals surface area contributed by atoms with Gasteiger partial charge in [-0.3, -0.25) is 4.79 Å². The first-order chi connectivity index (χ1) is 14.5. The Balaban J connectivity index is 2.03. The van der Waals surface area contributed by atoms with Gasteiger partial charge in [-0.05, 0) is 55.8 Å². The predicted molar refractivity (Wildman–Crippen MR) is 115 cm³/mol. The van der Waals surface area contributed by atoms with E-state index in [-0.39, 0.29) is 18.2 Å². The van der Waals surface area contributed by atoms with Crippen LogP contribution >= 0.6 is 0 Å². The highest BCUT2D eigenvalue weighted by atomic mass is 16.5. The largest absolute Gasteiger partial charge is 0.497 e. The first-order valence-corrected chi connectivity index (χ1v) is 9.87. The quantitative estimate of drug-likeness (QED) is 0.558. The van der Waals surface area contributed by atoms with E-state index in [1.165, 1.54) is 0 Å². The molecule has 7 nitrogen and oxygen atoms in total. The topological polar surface area (TPSA) is 82.5 Å². The lowest BCUT2D eigenvalue weighted by Crippen LogP contribution is -2.10. The molecular formula is C23H25N3O4. The average molecular weight is 407 g/mol. The number of ether oxygens (including phenoxy) is 2. The highest BCUT2D eigenvalue weighted by Crippen LogP contribution is 2.27. The molecule has 0 bridgehead atoms. The van der Waals surface area contributed by atoms with Crippen LogP contribution in [0.4, 0.5) is 5.69 Å². The molecule has 30 heavy (non-hydrogen) atoms. The molecule has 0 aliphatic carbocycles. The van der Waals surface area contributed by atoms with Crippen molar-refractivity contribution in [3.05, 3.63) is 60.3 Å². The van der Waals surface area contributed by atoms with Gasteiger partial charge in [0.05, 0.1) is 25.1 Å². The fourth-order valence-electron chi connectivity index (χ4n) is 3.02. The zero-order chi connectivity index (χ0) is 21.5. The third kappa shape index (κ3) is 4.86. The molecule has 3 aromatic rings. The van der Waals surface area contributed by atoms with Crippen LogP contribution in [0.15, 0.2) is 54.6 Å². The Kier molecular flexibility index (Phi) is 6.85. The Morgan fingerprint density at radius 1 is 1.07 bits per heavy atom. The van der Waals surface area contributed by atoms with E-state index in [1.54, 1.807) is 24.8 Å². The molecule has 1 N–H and O–H groups in total. The zero-order valence-corrected chi connectivity index (χ0v) is 17.3. The minimum Gasteiger partial charge on any atom is -0.497 e. The summed E-state index contributed by atoms with van der Waals surface area (Å²) in [6.45, 7) is 3.98. The summed E-state index contributed by atoms with van der Waals surface area (Å²) in [5, 5.41) is 7.37. The molecule has 156 valence electrons. The molecule has 0 radical (unpaired) electrons. The van der Waals surface area contributed by atoms with Crippen LogP contribution in [0.25, 0.3) is 16.9 Å². The van der Waals surface area contributed by atoms with Gasteiger partial charge in [-0.2, -0.15) is 5.10 Å². The lowest BCUT2D eigenvalue weighted by molar-refractivity contribution is -0.116. The first-order valence-electron chi connectivity index (χ1n) is 9.87. The van der Waals surface area contributed by atoms with E-state index in [9.17, 15) is 9.59 Å². The molecule has 3 rings (SSSR count). The summed E-state index contributed by atoms with van der Waals surface area (Å²) in [7, 11) is 1.60. The van der Waals surface area contributed by atoms with Gasteiger partial charge < -0.3 is 14.8 Å². The summed E-state index contributed by atoms with van der Waals surface area (Å²) in [6, 6.07) is 16.5. The Morgan fingerprint density at radius 2 is 1.83 bits per heavy atom. The van der Waals surface area contributed by atoms with Crippen molar-refractivity contribution in [1.29, 1.82) is 0 Å². The number of carbonyl (C=O) groups excluding carboxylic acids is 2. The molecule has 0 saturated carbocycles. The van der Waals surface area contributed by atoms with E-state index in [4.69, 9.17) is 9.47 Å². The van der Waals surface area contributed by atoms with E-state index < -0.39 is 5.97 Å². The molecule has 2 aromatic carbocycles. The van der Waals surface area contributed by atoms with E-state index in [2.05, 4.69) is 10.4 Å². The van der Waals surface area contributed by atoms with Gasteiger partial charge in [-0.15, -0.1) is 0 Å². The lowest BCUT2D eigenvalue weighted by Gasteiger charge is -2.10. The Labute approximate surface area is 175 Å². The summed E-state index contributed by atoms with van der Waals surface area (Å²) in [5.41, 5.74) is 3.17. The predicted octanol–water partition coefficient (Wildman–Crippen LogP) is 4.46. The van der Waals surface area contributed by atoms with Crippen LogP contribution in [0.5, 0.6) is 5.75 Å². The molecule has 1 amide bonds. The van der Waals surface area contributed by atoms with Crippen LogP contribution in [0.1, 0.15) is 37.2 Å². The van der Waals surface area contributed by atoms with Gasteiger partial charge >= 0.3 is 5.97 Å². The summed E-state index contributed by atoms with van der Waals surface area (Å²) >= 11 is 0. The molecule has 7 heteroatoms. The summed E-state index contributed by atoms with van der Waals surface area (Å²) in [5.74, 6) is 0.197. The number of benzene rings is 2. The van der Waals surface area contributed by atoms with Gasteiger partial charge in [0.25, 0.3) is 0 Å². The third-order valence-electron chi connectivity index (χ3n) is 4.43. The maximum atomic E-state index is 12.3. The summed E-state index contributed by atoms with van der Waals surface area (Å²) < 4.78 is 12.0. The van der Waals surface area contributed by atoms with E-state index >= 15 is 0 Å². The van der Waals surface area contributed by atoms with Gasteiger partial charge in [-0.25, -0.2) is 9.48 Å². The molecule has 0 unspecified atom stereocenters. The maximum Gasteiger partial charge on any atom is 0.358 e. The van der Waals surface area contributed by atoms with Crippen LogP contribution in [-0.2, 0) is 9.53 Å². The van der Waals surface area contributed by atoms with Crippen LogP contribution in [0.3, 0.4) is 0 Å². The third-order valence-corrected chi connectivity index (χ3v) is 4.43.